The Morgan fingerprint density at radius 1 is 1.25 bits per heavy atom. The van der Waals surface area contributed by atoms with E-state index in [0.29, 0.717) is 5.56 Å². The van der Waals surface area contributed by atoms with Gasteiger partial charge in [0.25, 0.3) is 0 Å². The van der Waals surface area contributed by atoms with Gasteiger partial charge in [0.1, 0.15) is 16.4 Å². The molecule has 0 fully saturated rings. The number of sulfonamides is 1. The van der Waals surface area contributed by atoms with Crippen LogP contribution in [0.5, 0.6) is 0 Å². The quantitative estimate of drug-likeness (QED) is 0.703. The van der Waals surface area contributed by atoms with Gasteiger partial charge in [-0.25, -0.2) is 21.6 Å². The Labute approximate surface area is 118 Å². The highest BCUT2D eigenvalue weighted by atomic mass is 32.2. The zero-order valence-corrected chi connectivity index (χ0v) is 12.5. The monoisotopic (exact) mass is 317 g/mol. The van der Waals surface area contributed by atoms with Crippen molar-refractivity contribution in [2.75, 3.05) is 25.2 Å². The molecule has 8 heteroatoms. The summed E-state index contributed by atoms with van der Waals surface area (Å²) in [6, 6.07) is 5.86. The lowest BCUT2D eigenvalue weighted by atomic mass is 10.2. The van der Waals surface area contributed by atoms with Gasteiger partial charge < -0.3 is 5.11 Å². The SMILES string of the molecule is CS(=O)(=O)CCNS(=O)(=O)c1cccc(C#CCO)c1. The van der Waals surface area contributed by atoms with E-state index in [0.717, 1.165) is 6.26 Å². The highest BCUT2D eigenvalue weighted by molar-refractivity contribution is 7.91. The van der Waals surface area contributed by atoms with E-state index >= 15 is 0 Å². The molecule has 0 spiro atoms. The molecule has 0 bridgehead atoms. The van der Waals surface area contributed by atoms with Gasteiger partial charge in [0, 0.05) is 18.4 Å². The number of aliphatic hydroxyl groups is 1. The average Bonchev–Trinajstić information content (AvgIpc) is 2.35. The maximum Gasteiger partial charge on any atom is 0.240 e. The molecule has 0 saturated heterocycles. The van der Waals surface area contributed by atoms with Crippen molar-refractivity contribution in [2.24, 2.45) is 0 Å². The number of nitrogens with one attached hydrogen (secondary N) is 1. The Kier molecular flexibility index (Phi) is 5.71. The van der Waals surface area contributed by atoms with Crippen molar-refractivity contribution in [3.8, 4) is 11.8 Å². The van der Waals surface area contributed by atoms with E-state index in [9.17, 15) is 16.8 Å². The molecule has 0 heterocycles. The molecule has 0 aliphatic rings. The van der Waals surface area contributed by atoms with Gasteiger partial charge in [-0.1, -0.05) is 17.9 Å². The summed E-state index contributed by atoms with van der Waals surface area (Å²) in [4.78, 5) is -0.00394. The second-order valence-corrected chi connectivity index (χ2v) is 8.04. The van der Waals surface area contributed by atoms with Crippen LogP contribution >= 0.6 is 0 Å². The molecular formula is C12H15NO5S2. The van der Waals surface area contributed by atoms with E-state index in [2.05, 4.69) is 16.6 Å². The summed E-state index contributed by atoms with van der Waals surface area (Å²) < 4.78 is 48.0. The molecule has 2 N–H and O–H groups in total. The molecule has 1 aromatic rings. The van der Waals surface area contributed by atoms with Crippen LogP contribution in [0.4, 0.5) is 0 Å². The fourth-order valence-electron chi connectivity index (χ4n) is 1.33. The van der Waals surface area contributed by atoms with Gasteiger partial charge in [0.05, 0.1) is 10.6 Å². The highest BCUT2D eigenvalue weighted by Gasteiger charge is 2.14. The molecule has 0 aromatic heterocycles. The normalized spacial score (nSPS) is 11.7. The molecule has 20 heavy (non-hydrogen) atoms. The zero-order chi connectivity index (χ0) is 15.2. The van der Waals surface area contributed by atoms with Crippen LogP contribution in [0.3, 0.4) is 0 Å². The van der Waals surface area contributed by atoms with Crippen LogP contribution in [-0.4, -0.2) is 47.1 Å². The molecule has 110 valence electrons. The third kappa shape index (κ3) is 5.71. The molecule has 1 aromatic carbocycles. The van der Waals surface area contributed by atoms with Crippen molar-refractivity contribution in [3.05, 3.63) is 29.8 Å². The molecule has 1 rings (SSSR count). The number of hydrogen-bond acceptors (Lipinski definition) is 5. The van der Waals surface area contributed by atoms with Crippen LogP contribution < -0.4 is 4.72 Å². The first-order valence-electron chi connectivity index (χ1n) is 5.62. The van der Waals surface area contributed by atoms with Crippen LogP contribution in [0.25, 0.3) is 0 Å². The molecule has 0 radical (unpaired) electrons. The molecule has 0 amide bonds. The van der Waals surface area contributed by atoms with Crippen molar-refractivity contribution in [3.63, 3.8) is 0 Å². The topological polar surface area (TPSA) is 101 Å². The Hall–Kier alpha value is -1.40. The lowest BCUT2D eigenvalue weighted by Gasteiger charge is -2.06. The first-order chi connectivity index (χ1) is 9.24. The maximum atomic E-state index is 11.9. The summed E-state index contributed by atoms with van der Waals surface area (Å²) in [5, 5.41) is 8.59. The first kappa shape index (κ1) is 16.7. The summed E-state index contributed by atoms with van der Waals surface area (Å²) in [6.45, 7) is -0.503. The minimum absolute atomic E-state index is 0.00394. The summed E-state index contributed by atoms with van der Waals surface area (Å²) in [6.07, 6.45) is 1.03. The van der Waals surface area contributed by atoms with E-state index in [4.69, 9.17) is 5.11 Å². The van der Waals surface area contributed by atoms with Crippen molar-refractivity contribution in [1.29, 1.82) is 0 Å². The van der Waals surface area contributed by atoms with Gasteiger partial charge in [0.15, 0.2) is 0 Å². The van der Waals surface area contributed by atoms with Crippen LogP contribution in [0.2, 0.25) is 0 Å². The van der Waals surface area contributed by atoms with Crippen LogP contribution in [0.15, 0.2) is 29.2 Å². The Bertz CT molecular complexity index is 727. The van der Waals surface area contributed by atoms with Gasteiger partial charge in [0.2, 0.25) is 10.0 Å². The van der Waals surface area contributed by atoms with Gasteiger partial charge >= 0.3 is 0 Å². The molecule has 0 aliphatic heterocycles. The number of hydrogen-bond donors (Lipinski definition) is 2. The van der Waals surface area contributed by atoms with Gasteiger partial charge in [-0.15, -0.1) is 0 Å². The second-order valence-electron chi connectivity index (χ2n) is 4.02. The van der Waals surface area contributed by atoms with E-state index in [1.807, 2.05) is 0 Å². The van der Waals surface area contributed by atoms with Gasteiger partial charge in [-0.3, -0.25) is 0 Å². The summed E-state index contributed by atoms with van der Waals surface area (Å²) in [7, 11) is -7.00. The van der Waals surface area contributed by atoms with E-state index in [1.165, 1.54) is 18.2 Å². The number of benzene rings is 1. The smallest absolute Gasteiger partial charge is 0.240 e. The Morgan fingerprint density at radius 3 is 2.55 bits per heavy atom. The van der Waals surface area contributed by atoms with Crippen molar-refractivity contribution < 1.29 is 21.9 Å². The number of rotatable bonds is 5. The minimum atomic E-state index is -3.77. The summed E-state index contributed by atoms with van der Waals surface area (Å²) in [5.41, 5.74) is 0.449. The second kappa shape index (κ2) is 6.85. The largest absolute Gasteiger partial charge is 0.384 e. The fraction of sp³-hybridized carbons (Fsp3) is 0.333. The predicted molar refractivity (Wildman–Crippen MR) is 75.3 cm³/mol. The van der Waals surface area contributed by atoms with Crippen LogP contribution in [0.1, 0.15) is 5.56 Å². The molecule has 0 atom stereocenters. The molecule has 0 saturated carbocycles. The standard InChI is InChI=1S/C12H15NO5S2/c1-19(15,16)9-7-13-20(17,18)12-6-2-4-11(10-12)5-3-8-14/h2,4,6,10,13-14H,7-9H2,1H3. The maximum absolute atomic E-state index is 11.9. The average molecular weight is 317 g/mol. The zero-order valence-electron chi connectivity index (χ0n) is 10.8. The Balaban J connectivity index is 2.87. The summed E-state index contributed by atoms with van der Waals surface area (Å²) in [5.74, 6) is 4.75. The van der Waals surface area contributed by atoms with Gasteiger partial charge in [-0.2, -0.15) is 0 Å². The first-order valence-corrected chi connectivity index (χ1v) is 9.16. The fourth-order valence-corrected chi connectivity index (χ4v) is 3.01. The summed E-state index contributed by atoms with van der Waals surface area (Å²) >= 11 is 0. The van der Waals surface area contributed by atoms with Crippen LogP contribution in [0, 0.1) is 11.8 Å². The molecular weight excluding hydrogens is 302 g/mol. The van der Waals surface area contributed by atoms with E-state index in [-0.39, 0.29) is 23.8 Å². The lowest BCUT2D eigenvalue weighted by Crippen LogP contribution is -2.28. The van der Waals surface area contributed by atoms with Crippen molar-refractivity contribution in [1.82, 2.24) is 4.72 Å². The third-order valence-electron chi connectivity index (χ3n) is 2.22. The van der Waals surface area contributed by atoms with E-state index < -0.39 is 19.9 Å². The molecule has 6 nitrogen and oxygen atoms in total. The number of aliphatic hydroxyl groups excluding tert-OH is 1. The highest BCUT2D eigenvalue weighted by Crippen LogP contribution is 2.10. The van der Waals surface area contributed by atoms with Crippen LogP contribution in [-0.2, 0) is 19.9 Å². The van der Waals surface area contributed by atoms with Crippen molar-refractivity contribution >= 4 is 19.9 Å². The molecule has 0 aliphatic carbocycles. The predicted octanol–water partition coefficient (Wildman–Crippen LogP) is -0.647. The number of sulfone groups is 1. The van der Waals surface area contributed by atoms with E-state index in [1.54, 1.807) is 6.07 Å². The van der Waals surface area contributed by atoms with Gasteiger partial charge in [-0.05, 0) is 18.2 Å². The molecule has 0 unspecified atom stereocenters. The third-order valence-corrected chi connectivity index (χ3v) is 4.63. The lowest BCUT2D eigenvalue weighted by molar-refractivity contribution is 0.350. The Morgan fingerprint density at radius 2 is 1.95 bits per heavy atom. The minimum Gasteiger partial charge on any atom is -0.384 e. The van der Waals surface area contributed by atoms with Crippen molar-refractivity contribution in [2.45, 2.75) is 4.90 Å².